The zero-order valence-electron chi connectivity index (χ0n) is 10.0. The standard InChI is InChI=1S/C12H21N3S/c1-2-12-14-10-11(16-12)9-13-5-8-15-6-3-4-7-15/h10,13H,2-9H2,1H3. The number of nitrogens with one attached hydrogen (secondary N) is 1. The van der Waals surface area contributed by atoms with Gasteiger partial charge in [0, 0.05) is 30.7 Å². The van der Waals surface area contributed by atoms with Crippen LogP contribution in [-0.4, -0.2) is 36.1 Å². The third-order valence-corrected chi connectivity index (χ3v) is 4.15. The number of hydrogen-bond donors (Lipinski definition) is 1. The van der Waals surface area contributed by atoms with Crippen LogP contribution in [0, 0.1) is 0 Å². The van der Waals surface area contributed by atoms with Crippen LogP contribution in [0.4, 0.5) is 0 Å². The van der Waals surface area contributed by atoms with E-state index in [0.29, 0.717) is 0 Å². The van der Waals surface area contributed by atoms with Crippen molar-refractivity contribution in [3.63, 3.8) is 0 Å². The maximum atomic E-state index is 4.36. The van der Waals surface area contributed by atoms with Crippen molar-refractivity contribution in [2.24, 2.45) is 0 Å². The molecule has 4 heteroatoms. The van der Waals surface area contributed by atoms with Crippen LogP contribution in [0.3, 0.4) is 0 Å². The molecule has 1 aliphatic rings. The van der Waals surface area contributed by atoms with E-state index < -0.39 is 0 Å². The zero-order valence-corrected chi connectivity index (χ0v) is 10.9. The summed E-state index contributed by atoms with van der Waals surface area (Å²) in [6, 6.07) is 0. The lowest BCUT2D eigenvalue weighted by Gasteiger charge is -2.14. The molecule has 0 amide bonds. The molecule has 1 saturated heterocycles. The summed E-state index contributed by atoms with van der Waals surface area (Å²) >= 11 is 1.83. The maximum Gasteiger partial charge on any atom is 0.0925 e. The molecule has 2 heterocycles. The molecule has 0 bridgehead atoms. The molecule has 2 rings (SSSR count). The second-order valence-corrected chi connectivity index (χ2v) is 5.50. The third kappa shape index (κ3) is 3.54. The van der Waals surface area contributed by atoms with Crippen LogP contribution in [0.25, 0.3) is 0 Å². The predicted molar refractivity (Wildman–Crippen MR) is 68.9 cm³/mol. The minimum Gasteiger partial charge on any atom is -0.311 e. The molecule has 0 unspecified atom stereocenters. The molecule has 0 aliphatic carbocycles. The Morgan fingerprint density at radius 1 is 1.44 bits per heavy atom. The van der Waals surface area contributed by atoms with E-state index in [4.69, 9.17) is 0 Å². The summed E-state index contributed by atoms with van der Waals surface area (Å²) in [7, 11) is 0. The number of nitrogens with zero attached hydrogens (tertiary/aromatic N) is 2. The molecule has 90 valence electrons. The fourth-order valence-electron chi connectivity index (χ4n) is 2.05. The summed E-state index contributed by atoms with van der Waals surface area (Å²) in [4.78, 5) is 8.26. The fourth-order valence-corrected chi connectivity index (χ4v) is 2.88. The second kappa shape index (κ2) is 6.33. The van der Waals surface area contributed by atoms with Gasteiger partial charge in [0.15, 0.2) is 0 Å². The SMILES string of the molecule is CCc1ncc(CNCCN2CCCC2)s1. The van der Waals surface area contributed by atoms with E-state index in [1.165, 1.54) is 42.4 Å². The third-order valence-electron chi connectivity index (χ3n) is 3.01. The topological polar surface area (TPSA) is 28.2 Å². The van der Waals surface area contributed by atoms with Crippen molar-refractivity contribution in [2.45, 2.75) is 32.7 Å². The summed E-state index contributed by atoms with van der Waals surface area (Å²) < 4.78 is 0. The Balaban J connectivity index is 1.60. The second-order valence-electron chi connectivity index (χ2n) is 4.30. The number of aromatic nitrogens is 1. The first-order chi connectivity index (χ1) is 7.88. The molecule has 0 radical (unpaired) electrons. The fraction of sp³-hybridized carbons (Fsp3) is 0.750. The minimum absolute atomic E-state index is 0.978. The number of hydrogen-bond acceptors (Lipinski definition) is 4. The van der Waals surface area contributed by atoms with Crippen LogP contribution in [-0.2, 0) is 13.0 Å². The van der Waals surface area contributed by atoms with Gasteiger partial charge in [-0.25, -0.2) is 4.98 Å². The number of likely N-dealkylation sites (tertiary alicyclic amines) is 1. The molecule has 1 N–H and O–H groups in total. The van der Waals surface area contributed by atoms with Gasteiger partial charge in [-0.2, -0.15) is 0 Å². The van der Waals surface area contributed by atoms with Crippen LogP contribution in [0.2, 0.25) is 0 Å². The first-order valence-electron chi connectivity index (χ1n) is 6.25. The normalized spacial score (nSPS) is 17.1. The van der Waals surface area contributed by atoms with Gasteiger partial charge < -0.3 is 10.2 Å². The Morgan fingerprint density at radius 2 is 2.25 bits per heavy atom. The average molecular weight is 239 g/mol. The number of rotatable bonds is 6. The highest BCUT2D eigenvalue weighted by Gasteiger charge is 2.10. The highest BCUT2D eigenvalue weighted by atomic mass is 32.1. The van der Waals surface area contributed by atoms with E-state index in [1.54, 1.807) is 0 Å². The van der Waals surface area contributed by atoms with Crippen molar-refractivity contribution in [2.75, 3.05) is 26.2 Å². The maximum absolute atomic E-state index is 4.36. The van der Waals surface area contributed by atoms with E-state index in [0.717, 1.165) is 19.5 Å². The molecule has 3 nitrogen and oxygen atoms in total. The van der Waals surface area contributed by atoms with Gasteiger partial charge in [0.2, 0.25) is 0 Å². The van der Waals surface area contributed by atoms with E-state index in [-0.39, 0.29) is 0 Å². The summed E-state index contributed by atoms with van der Waals surface area (Å²) in [6.07, 6.45) is 5.83. The molecule has 0 saturated carbocycles. The van der Waals surface area contributed by atoms with Crippen molar-refractivity contribution in [3.05, 3.63) is 16.1 Å². The van der Waals surface area contributed by atoms with Gasteiger partial charge in [-0.05, 0) is 32.4 Å². The van der Waals surface area contributed by atoms with Crippen LogP contribution >= 0.6 is 11.3 Å². The van der Waals surface area contributed by atoms with E-state index >= 15 is 0 Å². The summed E-state index contributed by atoms with van der Waals surface area (Å²) in [5, 5.41) is 4.74. The Labute approximate surface area is 102 Å². The quantitative estimate of drug-likeness (QED) is 0.768. The Hall–Kier alpha value is -0.450. The molecule has 0 atom stereocenters. The lowest BCUT2D eigenvalue weighted by Crippen LogP contribution is -2.29. The summed E-state index contributed by atoms with van der Waals surface area (Å²) in [5.74, 6) is 0. The molecule has 0 aromatic carbocycles. The van der Waals surface area contributed by atoms with Crippen LogP contribution in [0.5, 0.6) is 0 Å². The largest absolute Gasteiger partial charge is 0.311 e. The molecule has 1 fully saturated rings. The lowest BCUT2D eigenvalue weighted by atomic mass is 10.4. The van der Waals surface area contributed by atoms with E-state index in [9.17, 15) is 0 Å². The zero-order chi connectivity index (χ0) is 11.2. The molecule has 1 aliphatic heterocycles. The van der Waals surface area contributed by atoms with Gasteiger partial charge in [0.1, 0.15) is 0 Å². The van der Waals surface area contributed by atoms with E-state index in [2.05, 4.69) is 22.1 Å². The summed E-state index contributed by atoms with van der Waals surface area (Å²) in [5.41, 5.74) is 0. The number of thiazole rings is 1. The van der Waals surface area contributed by atoms with Crippen molar-refractivity contribution in [1.82, 2.24) is 15.2 Å². The molecule has 0 spiro atoms. The van der Waals surface area contributed by atoms with Crippen LogP contribution in [0.15, 0.2) is 6.20 Å². The molecular formula is C12H21N3S. The lowest BCUT2D eigenvalue weighted by molar-refractivity contribution is 0.336. The summed E-state index contributed by atoms with van der Waals surface area (Å²) in [6.45, 7) is 8.01. The van der Waals surface area contributed by atoms with Crippen molar-refractivity contribution >= 4 is 11.3 Å². The Bertz CT molecular complexity index is 305. The Kier molecular flexibility index (Phi) is 4.75. The van der Waals surface area contributed by atoms with Crippen molar-refractivity contribution < 1.29 is 0 Å². The van der Waals surface area contributed by atoms with Gasteiger partial charge in [0.25, 0.3) is 0 Å². The highest BCUT2D eigenvalue weighted by Crippen LogP contribution is 2.12. The molecular weight excluding hydrogens is 218 g/mol. The molecule has 1 aromatic rings. The monoisotopic (exact) mass is 239 g/mol. The first kappa shape index (κ1) is 12.0. The van der Waals surface area contributed by atoms with Gasteiger partial charge in [0.05, 0.1) is 5.01 Å². The van der Waals surface area contributed by atoms with Crippen LogP contribution < -0.4 is 5.32 Å². The Morgan fingerprint density at radius 3 is 2.94 bits per heavy atom. The molecule has 1 aromatic heterocycles. The van der Waals surface area contributed by atoms with Crippen molar-refractivity contribution in [1.29, 1.82) is 0 Å². The van der Waals surface area contributed by atoms with Crippen molar-refractivity contribution in [3.8, 4) is 0 Å². The van der Waals surface area contributed by atoms with Gasteiger partial charge in [-0.15, -0.1) is 11.3 Å². The van der Waals surface area contributed by atoms with Crippen LogP contribution in [0.1, 0.15) is 29.7 Å². The minimum atomic E-state index is 0.978. The van der Waals surface area contributed by atoms with E-state index in [1.807, 2.05) is 17.5 Å². The average Bonchev–Trinajstić information content (AvgIpc) is 2.95. The predicted octanol–water partition coefficient (Wildman–Crippen LogP) is 1.89. The molecule has 16 heavy (non-hydrogen) atoms. The van der Waals surface area contributed by atoms with Gasteiger partial charge in [-0.3, -0.25) is 0 Å². The van der Waals surface area contributed by atoms with Gasteiger partial charge >= 0.3 is 0 Å². The smallest absolute Gasteiger partial charge is 0.0925 e. The first-order valence-corrected chi connectivity index (χ1v) is 7.07. The number of aryl methyl sites for hydroxylation is 1. The van der Waals surface area contributed by atoms with Gasteiger partial charge in [-0.1, -0.05) is 6.92 Å². The highest BCUT2D eigenvalue weighted by molar-refractivity contribution is 7.11.